The topological polar surface area (TPSA) is 75.7 Å². The number of hydrogen-bond acceptors (Lipinski definition) is 4. The number of ether oxygens (including phenoxy) is 1. The van der Waals surface area contributed by atoms with Crippen molar-refractivity contribution in [3.8, 4) is 0 Å². The van der Waals surface area contributed by atoms with Gasteiger partial charge in [0.1, 0.15) is 0 Å². The van der Waals surface area contributed by atoms with E-state index in [4.69, 9.17) is 4.74 Å². The first kappa shape index (κ1) is 22.5. The van der Waals surface area contributed by atoms with Crippen LogP contribution in [0.2, 0.25) is 0 Å². The summed E-state index contributed by atoms with van der Waals surface area (Å²) >= 11 is 0. The highest BCUT2D eigenvalue weighted by Crippen LogP contribution is 2.25. The third kappa shape index (κ3) is 5.71. The lowest BCUT2D eigenvalue weighted by molar-refractivity contribution is 0.0901. The van der Waals surface area contributed by atoms with Crippen molar-refractivity contribution >= 4 is 21.6 Å². The van der Waals surface area contributed by atoms with Gasteiger partial charge in [0.05, 0.1) is 29.4 Å². The van der Waals surface area contributed by atoms with Crippen molar-refractivity contribution < 1.29 is 17.9 Å². The summed E-state index contributed by atoms with van der Waals surface area (Å²) in [7, 11) is -2.35. The van der Waals surface area contributed by atoms with Gasteiger partial charge in [-0.2, -0.15) is 0 Å². The smallest absolute Gasteiger partial charge is 0.264 e. The molecule has 0 unspecified atom stereocenters. The van der Waals surface area contributed by atoms with Crippen molar-refractivity contribution in [3.63, 3.8) is 0 Å². The van der Waals surface area contributed by atoms with Gasteiger partial charge in [-0.1, -0.05) is 60.2 Å². The zero-order valence-electron chi connectivity index (χ0n) is 17.6. The molecule has 6 nitrogen and oxygen atoms in total. The highest BCUT2D eigenvalue weighted by molar-refractivity contribution is 7.92. The molecule has 3 aromatic carbocycles. The summed E-state index contributed by atoms with van der Waals surface area (Å²) in [5.41, 5.74) is 2.62. The van der Waals surface area contributed by atoms with Gasteiger partial charge in [0, 0.05) is 13.6 Å². The number of amides is 1. The monoisotopic (exact) mass is 438 g/mol. The molecule has 3 aromatic rings. The number of nitrogens with zero attached hydrogens (tertiary/aromatic N) is 1. The van der Waals surface area contributed by atoms with Crippen LogP contribution >= 0.6 is 0 Å². The molecule has 3 rings (SSSR count). The summed E-state index contributed by atoms with van der Waals surface area (Å²) in [5, 5.41) is 2.79. The van der Waals surface area contributed by atoms with Crippen LogP contribution in [0.25, 0.3) is 0 Å². The minimum atomic E-state index is -3.80. The second-order valence-electron chi connectivity index (χ2n) is 7.10. The second kappa shape index (κ2) is 10.2. The Morgan fingerprint density at radius 2 is 1.58 bits per heavy atom. The van der Waals surface area contributed by atoms with E-state index in [2.05, 4.69) is 5.32 Å². The Bertz CT molecular complexity index is 1110. The van der Waals surface area contributed by atoms with Crippen LogP contribution in [0.5, 0.6) is 0 Å². The summed E-state index contributed by atoms with van der Waals surface area (Å²) in [6.07, 6.45) is 0. The molecule has 0 fully saturated rings. The summed E-state index contributed by atoms with van der Waals surface area (Å²) < 4.78 is 32.8. The largest absolute Gasteiger partial charge is 0.375 e. The van der Waals surface area contributed by atoms with Crippen LogP contribution in [0.1, 0.15) is 21.5 Å². The molecule has 0 spiro atoms. The molecule has 7 heteroatoms. The second-order valence-corrected chi connectivity index (χ2v) is 9.07. The van der Waals surface area contributed by atoms with Gasteiger partial charge in [0.15, 0.2) is 0 Å². The molecule has 0 atom stereocenters. The third-order valence-electron chi connectivity index (χ3n) is 4.81. The number of para-hydroxylation sites is 1. The quantitative estimate of drug-likeness (QED) is 0.516. The normalized spacial score (nSPS) is 11.2. The van der Waals surface area contributed by atoms with Crippen molar-refractivity contribution in [1.29, 1.82) is 0 Å². The zero-order valence-corrected chi connectivity index (χ0v) is 18.4. The summed E-state index contributed by atoms with van der Waals surface area (Å²) in [5.74, 6) is -0.357. The number of aryl methyl sites for hydroxylation is 1. The standard InChI is InChI=1S/C24H26N2O4S/c1-19-12-14-21(15-13-19)31(28,29)26(2)23-11-7-6-10-22(23)24(27)25-16-17-30-18-20-8-4-3-5-9-20/h3-15H,16-18H2,1-2H3,(H,25,27). The first-order chi connectivity index (χ1) is 14.9. The maximum absolute atomic E-state index is 13.0. The van der Waals surface area contributed by atoms with E-state index in [-0.39, 0.29) is 16.4 Å². The minimum absolute atomic E-state index is 0.171. The van der Waals surface area contributed by atoms with Crippen LogP contribution in [0.3, 0.4) is 0 Å². The number of nitrogens with one attached hydrogen (secondary N) is 1. The average molecular weight is 439 g/mol. The Hall–Kier alpha value is -3.16. The Balaban J connectivity index is 1.65. The molecule has 162 valence electrons. The molecule has 1 amide bonds. The van der Waals surface area contributed by atoms with Gasteiger partial charge >= 0.3 is 0 Å². The van der Waals surface area contributed by atoms with Crippen LogP contribution in [0.15, 0.2) is 83.8 Å². The molecule has 0 aliphatic rings. The molecular formula is C24H26N2O4S. The van der Waals surface area contributed by atoms with E-state index in [1.165, 1.54) is 7.05 Å². The Kier molecular flexibility index (Phi) is 7.44. The highest BCUT2D eigenvalue weighted by atomic mass is 32.2. The van der Waals surface area contributed by atoms with E-state index in [0.717, 1.165) is 15.4 Å². The lowest BCUT2D eigenvalue weighted by Crippen LogP contribution is -2.32. The van der Waals surface area contributed by atoms with Crippen LogP contribution in [0.4, 0.5) is 5.69 Å². The lowest BCUT2D eigenvalue weighted by Gasteiger charge is -2.22. The van der Waals surface area contributed by atoms with E-state index in [9.17, 15) is 13.2 Å². The van der Waals surface area contributed by atoms with Crippen molar-refractivity contribution in [2.24, 2.45) is 0 Å². The number of hydrogen-bond donors (Lipinski definition) is 1. The first-order valence-corrected chi connectivity index (χ1v) is 11.4. The molecule has 1 N–H and O–H groups in total. The Morgan fingerprint density at radius 3 is 2.29 bits per heavy atom. The Morgan fingerprint density at radius 1 is 0.935 bits per heavy atom. The van der Waals surface area contributed by atoms with E-state index >= 15 is 0 Å². The molecule has 0 saturated carbocycles. The number of carbonyl (C=O) groups excluding carboxylic acids is 1. The van der Waals surface area contributed by atoms with Gasteiger partial charge in [0.25, 0.3) is 15.9 Å². The molecule has 31 heavy (non-hydrogen) atoms. The summed E-state index contributed by atoms with van der Waals surface area (Å²) in [6.45, 7) is 3.02. The predicted octanol–water partition coefficient (Wildman–Crippen LogP) is 3.77. The van der Waals surface area contributed by atoms with Crippen LogP contribution in [-0.2, 0) is 21.4 Å². The van der Waals surface area contributed by atoms with Gasteiger partial charge in [-0.05, 0) is 36.8 Å². The Labute approximate surface area is 183 Å². The predicted molar refractivity (Wildman–Crippen MR) is 122 cm³/mol. The van der Waals surface area contributed by atoms with Gasteiger partial charge in [-0.25, -0.2) is 8.42 Å². The zero-order chi connectivity index (χ0) is 22.3. The lowest BCUT2D eigenvalue weighted by atomic mass is 10.1. The summed E-state index contributed by atoms with van der Waals surface area (Å²) in [4.78, 5) is 12.9. The molecular weight excluding hydrogens is 412 g/mol. The fourth-order valence-corrected chi connectivity index (χ4v) is 4.25. The SMILES string of the molecule is Cc1ccc(S(=O)(=O)N(C)c2ccccc2C(=O)NCCOCc2ccccc2)cc1. The van der Waals surface area contributed by atoms with E-state index in [1.54, 1.807) is 48.5 Å². The highest BCUT2D eigenvalue weighted by Gasteiger charge is 2.24. The molecule has 0 bridgehead atoms. The maximum atomic E-state index is 13.0. The number of carbonyl (C=O) groups is 1. The molecule has 0 saturated heterocycles. The average Bonchev–Trinajstić information content (AvgIpc) is 2.79. The van der Waals surface area contributed by atoms with Crippen molar-refractivity contribution in [3.05, 3.63) is 95.6 Å². The fraction of sp³-hybridized carbons (Fsp3) is 0.208. The van der Waals surface area contributed by atoms with Crippen LogP contribution in [0, 0.1) is 6.92 Å². The van der Waals surface area contributed by atoms with E-state index in [1.807, 2.05) is 37.3 Å². The van der Waals surface area contributed by atoms with Crippen LogP contribution < -0.4 is 9.62 Å². The van der Waals surface area contributed by atoms with Crippen molar-refractivity contribution in [2.45, 2.75) is 18.4 Å². The third-order valence-corrected chi connectivity index (χ3v) is 6.60. The molecule has 0 radical (unpaired) electrons. The van der Waals surface area contributed by atoms with E-state index in [0.29, 0.717) is 25.4 Å². The molecule has 0 heterocycles. The van der Waals surface area contributed by atoms with Crippen molar-refractivity contribution in [2.75, 3.05) is 24.5 Å². The van der Waals surface area contributed by atoms with Gasteiger partial charge in [-0.3, -0.25) is 9.10 Å². The molecule has 0 aromatic heterocycles. The number of rotatable bonds is 9. The summed E-state index contributed by atoms with van der Waals surface area (Å²) in [6, 6.07) is 23.0. The van der Waals surface area contributed by atoms with Gasteiger partial charge < -0.3 is 10.1 Å². The number of anilines is 1. The van der Waals surface area contributed by atoms with Gasteiger partial charge in [-0.15, -0.1) is 0 Å². The maximum Gasteiger partial charge on any atom is 0.264 e. The minimum Gasteiger partial charge on any atom is -0.375 e. The molecule has 0 aliphatic heterocycles. The van der Waals surface area contributed by atoms with Crippen LogP contribution in [-0.4, -0.2) is 34.5 Å². The molecule has 0 aliphatic carbocycles. The first-order valence-electron chi connectivity index (χ1n) is 9.94. The van der Waals surface area contributed by atoms with Gasteiger partial charge in [0.2, 0.25) is 0 Å². The van der Waals surface area contributed by atoms with E-state index < -0.39 is 10.0 Å². The number of sulfonamides is 1. The fourth-order valence-electron chi connectivity index (χ4n) is 3.03. The van der Waals surface area contributed by atoms with Crippen molar-refractivity contribution in [1.82, 2.24) is 5.32 Å². The number of benzene rings is 3.